The summed E-state index contributed by atoms with van der Waals surface area (Å²) < 4.78 is 10.8. The van der Waals surface area contributed by atoms with Crippen molar-refractivity contribution in [3.8, 4) is 0 Å². The summed E-state index contributed by atoms with van der Waals surface area (Å²) in [5.74, 6) is 0.693. The summed E-state index contributed by atoms with van der Waals surface area (Å²) in [5.41, 5.74) is 2.53. The molecule has 19 heavy (non-hydrogen) atoms. The minimum atomic E-state index is 0.658. The first kappa shape index (κ1) is 16.2. The lowest BCUT2D eigenvalue weighted by atomic mass is 10.1. The Labute approximate surface area is 117 Å². The van der Waals surface area contributed by atoms with Crippen LogP contribution in [0.3, 0.4) is 0 Å². The van der Waals surface area contributed by atoms with Crippen LogP contribution in [0, 0.1) is 5.92 Å². The van der Waals surface area contributed by atoms with Gasteiger partial charge in [0.15, 0.2) is 0 Å². The monoisotopic (exact) mass is 265 g/mol. The SMILES string of the molecule is CCOCCOCc1ccc(CNCC(C)C)cc1. The number of benzene rings is 1. The lowest BCUT2D eigenvalue weighted by Crippen LogP contribution is -2.18. The van der Waals surface area contributed by atoms with Gasteiger partial charge in [-0.1, -0.05) is 38.1 Å². The van der Waals surface area contributed by atoms with Gasteiger partial charge in [0.1, 0.15) is 0 Å². The Morgan fingerprint density at radius 2 is 1.63 bits per heavy atom. The third-order valence-corrected chi connectivity index (χ3v) is 2.75. The molecule has 1 N–H and O–H groups in total. The first-order valence-corrected chi connectivity index (χ1v) is 7.16. The van der Waals surface area contributed by atoms with Gasteiger partial charge in [-0.05, 0) is 30.5 Å². The maximum atomic E-state index is 5.53. The lowest BCUT2D eigenvalue weighted by Gasteiger charge is -2.08. The van der Waals surface area contributed by atoms with Crippen LogP contribution in [-0.2, 0) is 22.6 Å². The Hall–Kier alpha value is -0.900. The molecule has 3 nitrogen and oxygen atoms in total. The summed E-state index contributed by atoms with van der Waals surface area (Å²) in [6.45, 7) is 11.2. The maximum Gasteiger partial charge on any atom is 0.0718 e. The smallest absolute Gasteiger partial charge is 0.0718 e. The molecule has 0 amide bonds. The third kappa shape index (κ3) is 7.98. The molecule has 0 atom stereocenters. The van der Waals surface area contributed by atoms with Crippen molar-refractivity contribution in [3.63, 3.8) is 0 Å². The van der Waals surface area contributed by atoms with E-state index in [1.807, 2.05) is 6.92 Å². The predicted octanol–water partition coefficient (Wildman–Crippen LogP) is 2.99. The van der Waals surface area contributed by atoms with Crippen molar-refractivity contribution in [1.82, 2.24) is 5.32 Å². The van der Waals surface area contributed by atoms with Crippen LogP contribution in [0.25, 0.3) is 0 Å². The van der Waals surface area contributed by atoms with Crippen molar-refractivity contribution in [2.24, 2.45) is 5.92 Å². The Morgan fingerprint density at radius 3 is 2.26 bits per heavy atom. The maximum absolute atomic E-state index is 5.53. The minimum Gasteiger partial charge on any atom is -0.379 e. The number of ether oxygens (including phenoxy) is 2. The largest absolute Gasteiger partial charge is 0.379 e. The van der Waals surface area contributed by atoms with Gasteiger partial charge in [-0.15, -0.1) is 0 Å². The van der Waals surface area contributed by atoms with Crippen molar-refractivity contribution in [2.45, 2.75) is 33.9 Å². The van der Waals surface area contributed by atoms with Crippen LogP contribution in [0.5, 0.6) is 0 Å². The standard InChI is InChI=1S/C16H27NO2/c1-4-18-9-10-19-13-16-7-5-15(6-8-16)12-17-11-14(2)3/h5-8,14,17H,4,9-13H2,1-3H3. The van der Waals surface area contributed by atoms with E-state index in [4.69, 9.17) is 9.47 Å². The molecule has 0 spiro atoms. The van der Waals surface area contributed by atoms with Gasteiger partial charge in [0.05, 0.1) is 19.8 Å². The Balaban J connectivity index is 2.19. The van der Waals surface area contributed by atoms with E-state index in [9.17, 15) is 0 Å². The molecule has 0 radical (unpaired) electrons. The molecule has 1 aromatic carbocycles. The summed E-state index contributed by atoms with van der Waals surface area (Å²) in [4.78, 5) is 0. The van der Waals surface area contributed by atoms with Gasteiger partial charge in [-0.3, -0.25) is 0 Å². The molecule has 0 saturated carbocycles. The summed E-state index contributed by atoms with van der Waals surface area (Å²) >= 11 is 0. The topological polar surface area (TPSA) is 30.5 Å². The summed E-state index contributed by atoms with van der Waals surface area (Å²) in [7, 11) is 0. The molecule has 0 aliphatic carbocycles. The van der Waals surface area contributed by atoms with Gasteiger partial charge in [0.25, 0.3) is 0 Å². The van der Waals surface area contributed by atoms with Gasteiger partial charge in [-0.2, -0.15) is 0 Å². The highest BCUT2D eigenvalue weighted by atomic mass is 16.5. The van der Waals surface area contributed by atoms with E-state index >= 15 is 0 Å². The molecule has 0 bridgehead atoms. The average Bonchev–Trinajstić information content (AvgIpc) is 2.40. The van der Waals surface area contributed by atoms with Crippen molar-refractivity contribution in [2.75, 3.05) is 26.4 Å². The molecular weight excluding hydrogens is 238 g/mol. The van der Waals surface area contributed by atoms with Crippen LogP contribution < -0.4 is 5.32 Å². The molecule has 1 rings (SSSR count). The molecular formula is C16H27NO2. The van der Waals surface area contributed by atoms with E-state index in [0.29, 0.717) is 25.7 Å². The Bertz CT molecular complexity index is 322. The number of hydrogen-bond acceptors (Lipinski definition) is 3. The van der Waals surface area contributed by atoms with E-state index in [-0.39, 0.29) is 0 Å². The van der Waals surface area contributed by atoms with E-state index in [1.54, 1.807) is 0 Å². The third-order valence-electron chi connectivity index (χ3n) is 2.75. The Morgan fingerprint density at radius 1 is 1.00 bits per heavy atom. The number of hydrogen-bond donors (Lipinski definition) is 1. The highest BCUT2D eigenvalue weighted by Gasteiger charge is 1.97. The molecule has 0 aliphatic rings. The predicted molar refractivity (Wildman–Crippen MR) is 79.1 cm³/mol. The molecule has 3 heteroatoms. The van der Waals surface area contributed by atoms with E-state index < -0.39 is 0 Å². The second kappa shape index (κ2) is 9.96. The average molecular weight is 265 g/mol. The van der Waals surface area contributed by atoms with Crippen LogP contribution in [0.15, 0.2) is 24.3 Å². The van der Waals surface area contributed by atoms with E-state index in [2.05, 4.69) is 43.4 Å². The highest BCUT2D eigenvalue weighted by molar-refractivity contribution is 5.21. The quantitative estimate of drug-likeness (QED) is 0.660. The van der Waals surface area contributed by atoms with E-state index in [1.165, 1.54) is 11.1 Å². The van der Waals surface area contributed by atoms with Crippen molar-refractivity contribution in [1.29, 1.82) is 0 Å². The molecule has 0 aromatic heterocycles. The van der Waals surface area contributed by atoms with E-state index in [0.717, 1.165) is 19.7 Å². The fourth-order valence-electron chi connectivity index (χ4n) is 1.71. The van der Waals surface area contributed by atoms with Crippen LogP contribution in [0.4, 0.5) is 0 Å². The van der Waals surface area contributed by atoms with Crippen molar-refractivity contribution in [3.05, 3.63) is 35.4 Å². The normalized spacial score (nSPS) is 11.2. The van der Waals surface area contributed by atoms with Crippen LogP contribution in [0.1, 0.15) is 31.9 Å². The fourth-order valence-corrected chi connectivity index (χ4v) is 1.71. The van der Waals surface area contributed by atoms with Crippen LogP contribution >= 0.6 is 0 Å². The summed E-state index contributed by atoms with van der Waals surface area (Å²) in [6.07, 6.45) is 0. The van der Waals surface area contributed by atoms with Gasteiger partial charge in [0, 0.05) is 13.2 Å². The molecule has 1 aromatic rings. The van der Waals surface area contributed by atoms with Gasteiger partial charge in [-0.25, -0.2) is 0 Å². The van der Waals surface area contributed by atoms with Gasteiger partial charge >= 0.3 is 0 Å². The van der Waals surface area contributed by atoms with Gasteiger partial charge in [0.2, 0.25) is 0 Å². The van der Waals surface area contributed by atoms with Crippen molar-refractivity contribution >= 4 is 0 Å². The minimum absolute atomic E-state index is 0.658. The summed E-state index contributed by atoms with van der Waals surface area (Å²) in [5, 5.41) is 3.44. The van der Waals surface area contributed by atoms with Crippen LogP contribution in [0.2, 0.25) is 0 Å². The van der Waals surface area contributed by atoms with Crippen molar-refractivity contribution < 1.29 is 9.47 Å². The number of rotatable bonds is 10. The lowest BCUT2D eigenvalue weighted by molar-refractivity contribution is 0.0453. The first-order chi connectivity index (χ1) is 9.22. The molecule has 0 fully saturated rings. The second-order valence-corrected chi connectivity index (χ2v) is 5.09. The highest BCUT2D eigenvalue weighted by Crippen LogP contribution is 2.06. The fraction of sp³-hybridized carbons (Fsp3) is 0.625. The number of nitrogens with one attached hydrogen (secondary N) is 1. The molecule has 0 heterocycles. The first-order valence-electron chi connectivity index (χ1n) is 7.16. The van der Waals surface area contributed by atoms with Gasteiger partial charge < -0.3 is 14.8 Å². The summed E-state index contributed by atoms with van der Waals surface area (Å²) in [6, 6.07) is 8.59. The zero-order valence-electron chi connectivity index (χ0n) is 12.4. The second-order valence-electron chi connectivity index (χ2n) is 5.09. The zero-order chi connectivity index (χ0) is 13.9. The Kier molecular flexibility index (Phi) is 8.47. The molecule has 0 saturated heterocycles. The molecule has 0 aliphatic heterocycles. The molecule has 0 unspecified atom stereocenters. The molecule has 108 valence electrons. The zero-order valence-corrected chi connectivity index (χ0v) is 12.4. The van der Waals surface area contributed by atoms with Crippen LogP contribution in [-0.4, -0.2) is 26.4 Å².